The largest absolute Gasteiger partial charge is 0.355 e. The van der Waals surface area contributed by atoms with Gasteiger partial charge in [-0.3, -0.25) is 9.89 Å². The molecule has 6 heteroatoms. The lowest BCUT2D eigenvalue weighted by molar-refractivity contribution is 0.120. The summed E-state index contributed by atoms with van der Waals surface area (Å²) in [5.74, 6) is 0.924. The lowest BCUT2D eigenvalue weighted by atomic mass is 9.89. The van der Waals surface area contributed by atoms with Crippen LogP contribution in [0.5, 0.6) is 0 Å². The molecule has 0 bridgehead atoms. The Balaban J connectivity index is 0.00000529. The lowest BCUT2D eigenvalue weighted by Crippen LogP contribution is -2.52. The summed E-state index contributed by atoms with van der Waals surface area (Å²) >= 11 is 0. The Bertz CT molecular complexity index is 359. The van der Waals surface area contributed by atoms with Crippen LogP contribution in [0.25, 0.3) is 0 Å². The van der Waals surface area contributed by atoms with E-state index in [0.717, 1.165) is 32.0 Å². The van der Waals surface area contributed by atoms with Crippen LogP contribution in [0.1, 0.15) is 47.5 Å². The van der Waals surface area contributed by atoms with E-state index >= 15 is 0 Å². The zero-order chi connectivity index (χ0) is 17.5. The number of guanidine groups is 1. The molecule has 0 saturated carbocycles. The molecule has 2 N–H and O–H groups in total. The highest BCUT2D eigenvalue weighted by atomic mass is 127. The topological polar surface area (TPSA) is 42.9 Å². The Hall–Kier alpha value is -0.0800. The minimum absolute atomic E-state index is 0. The first-order chi connectivity index (χ1) is 10.7. The summed E-state index contributed by atoms with van der Waals surface area (Å²) in [5.41, 5.74) is 0.392. The van der Waals surface area contributed by atoms with Crippen molar-refractivity contribution in [3.8, 4) is 0 Å². The summed E-state index contributed by atoms with van der Waals surface area (Å²) in [6.07, 6.45) is 2.38. The Morgan fingerprint density at radius 3 is 2.21 bits per heavy atom. The molecule has 0 spiro atoms. The second-order valence-electron chi connectivity index (χ2n) is 8.29. The molecule has 2 atom stereocenters. The molecule has 0 radical (unpaired) electrons. The van der Waals surface area contributed by atoms with Crippen LogP contribution in [0.4, 0.5) is 0 Å². The molecule has 1 rings (SSSR count). The predicted octanol–water partition coefficient (Wildman–Crippen LogP) is 2.62. The second-order valence-corrected chi connectivity index (χ2v) is 8.29. The maximum absolute atomic E-state index is 4.37. The third-order valence-corrected chi connectivity index (χ3v) is 4.66. The van der Waals surface area contributed by atoms with Gasteiger partial charge in [-0.1, -0.05) is 20.8 Å². The van der Waals surface area contributed by atoms with Gasteiger partial charge in [0.2, 0.25) is 0 Å². The molecule has 0 aromatic heterocycles. The third kappa shape index (κ3) is 10.0. The van der Waals surface area contributed by atoms with Crippen molar-refractivity contribution in [3.05, 3.63) is 0 Å². The van der Waals surface area contributed by atoms with E-state index in [9.17, 15) is 0 Å². The van der Waals surface area contributed by atoms with Gasteiger partial charge >= 0.3 is 0 Å². The van der Waals surface area contributed by atoms with Gasteiger partial charge in [-0.05, 0) is 39.2 Å². The SMILES string of the molecule is CN=C(NCC(C)N1CCN(C)CC1)NC(C)CCC(C)(C)C.I. The Kier molecular flexibility index (Phi) is 11.5. The van der Waals surface area contributed by atoms with Crippen LogP contribution in [-0.4, -0.2) is 74.7 Å². The van der Waals surface area contributed by atoms with Crippen molar-refractivity contribution >= 4 is 29.9 Å². The van der Waals surface area contributed by atoms with E-state index in [1.165, 1.54) is 19.5 Å². The highest BCUT2D eigenvalue weighted by Crippen LogP contribution is 2.21. The number of aliphatic imine (C=N–C) groups is 1. The summed E-state index contributed by atoms with van der Waals surface area (Å²) in [5, 5.41) is 7.01. The monoisotopic (exact) mass is 453 g/mol. The molecule has 5 nitrogen and oxygen atoms in total. The van der Waals surface area contributed by atoms with Crippen LogP contribution in [0.15, 0.2) is 4.99 Å². The van der Waals surface area contributed by atoms with Crippen LogP contribution >= 0.6 is 24.0 Å². The molecule has 1 aliphatic heterocycles. The van der Waals surface area contributed by atoms with Gasteiger partial charge in [0, 0.05) is 51.9 Å². The molecule has 1 fully saturated rings. The fourth-order valence-electron chi connectivity index (χ4n) is 2.79. The molecule has 24 heavy (non-hydrogen) atoms. The van der Waals surface area contributed by atoms with Gasteiger partial charge in [-0.15, -0.1) is 24.0 Å². The van der Waals surface area contributed by atoms with Crippen molar-refractivity contribution in [2.75, 3.05) is 46.8 Å². The van der Waals surface area contributed by atoms with Crippen molar-refractivity contribution in [3.63, 3.8) is 0 Å². The molecule has 0 aliphatic carbocycles. The normalized spacial score (nSPS) is 20.2. The molecule has 1 heterocycles. The van der Waals surface area contributed by atoms with Crippen LogP contribution < -0.4 is 10.6 Å². The minimum atomic E-state index is 0. The van der Waals surface area contributed by atoms with Crippen LogP contribution in [0.2, 0.25) is 0 Å². The van der Waals surface area contributed by atoms with Gasteiger partial charge in [-0.25, -0.2) is 0 Å². The second kappa shape index (κ2) is 11.5. The molecule has 0 aromatic carbocycles. The fourth-order valence-corrected chi connectivity index (χ4v) is 2.79. The van der Waals surface area contributed by atoms with Gasteiger partial charge in [0.05, 0.1) is 0 Å². The Morgan fingerprint density at radius 2 is 1.71 bits per heavy atom. The third-order valence-electron chi connectivity index (χ3n) is 4.66. The molecule has 144 valence electrons. The zero-order valence-corrected chi connectivity index (χ0v) is 19.2. The van der Waals surface area contributed by atoms with Gasteiger partial charge in [-0.2, -0.15) is 0 Å². The summed E-state index contributed by atoms with van der Waals surface area (Å²) in [4.78, 5) is 9.32. The minimum Gasteiger partial charge on any atom is -0.355 e. The highest BCUT2D eigenvalue weighted by Gasteiger charge is 2.19. The Morgan fingerprint density at radius 1 is 1.12 bits per heavy atom. The van der Waals surface area contributed by atoms with E-state index in [2.05, 4.69) is 67.1 Å². The number of rotatable bonds is 6. The first-order valence-corrected chi connectivity index (χ1v) is 9.11. The first kappa shape index (κ1) is 23.9. The van der Waals surface area contributed by atoms with Crippen molar-refractivity contribution in [1.29, 1.82) is 0 Å². The number of hydrogen-bond donors (Lipinski definition) is 2. The number of nitrogens with zero attached hydrogens (tertiary/aromatic N) is 3. The number of hydrogen-bond acceptors (Lipinski definition) is 3. The summed E-state index contributed by atoms with van der Waals surface area (Å²) < 4.78 is 0. The predicted molar refractivity (Wildman–Crippen MR) is 117 cm³/mol. The molecule has 0 aromatic rings. The Labute approximate surface area is 167 Å². The molecule has 1 saturated heterocycles. The van der Waals surface area contributed by atoms with Crippen LogP contribution in [-0.2, 0) is 0 Å². The quantitative estimate of drug-likeness (QED) is 0.369. The smallest absolute Gasteiger partial charge is 0.191 e. The van der Waals surface area contributed by atoms with Gasteiger partial charge in [0.15, 0.2) is 5.96 Å². The molecule has 2 unspecified atom stereocenters. The van der Waals surface area contributed by atoms with Crippen molar-refractivity contribution in [1.82, 2.24) is 20.4 Å². The number of nitrogens with one attached hydrogen (secondary N) is 2. The molecular weight excluding hydrogens is 413 g/mol. The van der Waals surface area contributed by atoms with Crippen LogP contribution in [0.3, 0.4) is 0 Å². The van der Waals surface area contributed by atoms with Gasteiger partial charge in [0.1, 0.15) is 0 Å². The fraction of sp³-hybridized carbons (Fsp3) is 0.944. The van der Waals surface area contributed by atoms with Gasteiger partial charge in [0.25, 0.3) is 0 Å². The maximum Gasteiger partial charge on any atom is 0.191 e. The van der Waals surface area contributed by atoms with Crippen molar-refractivity contribution in [2.24, 2.45) is 10.4 Å². The van der Waals surface area contributed by atoms with E-state index in [-0.39, 0.29) is 24.0 Å². The highest BCUT2D eigenvalue weighted by molar-refractivity contribution is 14.0. The van der Waals surface area contributed by atoms with Crippen molar-refractivity contribution in [2.45, 2.75) is 59.5 Å². The summed E-state index contributed by atoms with van der Waals surface area (Å²) in [6.45, 7) is 17.0. The number of piperazine rings is 1. The lowest BCUT2D eigenvalue weighted by Gasteiger charge is -2.36. The summed E-state index contributed by atoms with van der Waals surface area (Å²) in [6, 6.07) is 0.978. The van der Waals surface area contributed by atoms with Crippen LogP contribution in [0, 0.1) is 5.41 Å². The first-order valence-electron chi connectivity index (χ1n) is 9.11. The number of halogens is 1. The van der Waals surface area contributed by atoms with E-state index in [0.29, 0.717) is 17.5 Å². The van der Waals surface area contributed by atoms with Gasteiger partial charge < -0.3 is 15.5 Å². The summed E-state index contributed by atoms with van der Waals surface area (Å²) in [7, 11) is 4.05. The average molecular weight is 453 g/mol. The molecule has 0 amide bonds. The number of likely N-dealkylation sites (N-methyl/N-ethyl adjacent to an activating group) is 1. The maximum atomic E-state index is 4.37. The standard InChI is InChI=1S/C18H39N5.HI/c1-15(8-9-18(3,4)5)21-17(19-6)20-14-16(2)23-12-10-22(7)11-13-23;/h15-16H,8-14H2,1-7H3,(H2,19,20,21);1H. The average Bonchev–Trinajstić information content (AvgIpc) is 2.49. The van der Waals surface area contributed by atoms with E-state index in [4.69, 9.17) is 0 Å². The molecular formula is C18H40IN5. The van der Waals surface area contributed by atoms with E-state index < -0.39 is 0 Å². The van der Waals surface area contributed by atoms with E-state index in [1.54, 1.807) is 0 Å². The van der Waals surface area contributed by atoms with Crippen molar-refractivity contribution < 1.29 is 0 Å². The molecule has 1 aliphatic rings. The zero-order valence-electron chi connectivity index (χ0n) is 16.9. The van der Waals surface area contributed by atoms with E-state index in [1.807, 2.05) is 7.05 Å².